The van der Waals surface area contributed by atoms with Crippen LogP contribution in [-0.4, -0.2) is 51.2 Å². The SMILES string of the molecule is Cc1c(C)c(C)c(S(=O)(=O)NCC(C)(O)CN(C)C)c(C)c1C. The second-order valence-corrected chi connectivity index (χ2v) is 8.72. The van der Waals surface area contributed by atoms with Crippen LogP contribution in [0.2, 0.25) is 0 Å². The van der Waals surface area contributed by atoms with Crippen molar-refractivity contribution in [3.8, 4) is 0 Å². The van der Waals surface area contributed by atoms with Gasteiger partial charge in [0.1, 0.15) is 0 Å². The summed E-state index contributed by atoms with van der Waals surface area (Å²) < 4.78 is 28.1. The molecule has 5 nitrogen and oxygen atoms in total. The highest BCUT2D eigenvalue weighted by Gasteiger charge is 2.28. The minimum atomic E-state index is -3.68. The van der Waals surface area contributed by atoms with Crippen LogP contribution in [0.3, 0.4) is 0 Å². The van der Waals surface area contributed by atoms with Crippen LogP contribution < -0.4 is 4.72 Å². The lowest BCUT2D eigenvalue weighted by atomic mass is 9.95. The number of hydrogen-bond acceptors (Lipinski definition) is 4. The number of hydrogen-bond donors (Lipinski definition) is 2. The third-order valence-electron chi connectivity index (χ3n) is 4.50. The van der Waals surface area contributed by atoms with Gasteiger partial charge in [0.05, 0.1) is 10.5 Å². The van der Waals surface area contributed by atoms with Crippen molar-refractivity contribution >= 4 is 10.0 Å². The molecule has 0 radical (unpaired) electrons. The number of likely N-dealkylation sites (N-methyl/N-ethyl adjacent to an activating group) is 1. The van der Waals surface area contributed by atoms with E-state index in [1.165, 1.54) is 0 Å². The Hall–Kier alpha value is -0.950. The molecule has 0 heterocycles. The molecule has 23 heavy (non-hydrogen) atoms. The zero-order valence-electron chi connectivity index (χ0n) is 15.5. The highest BCUT2D eigenvalue weighted by Crippen LogP contribution is 2.29. The van der Waals surface area contributed by atoms with Gasteiger partial charge < -0.3 is 10.0 Å². The first-order chi connectivity index (χ1) is 10.3. The standard InChI is InChI=1S/C17H30N2O3S/c1-11-12(2)14(4)16(15(5)13(11)3)23(21,22)18-9-17(6,20)10-19(7)8/h18,20H,9-10H2,1-8H3. The van der Waals surface area contributed by atoms with Crippen molar-refractivity contribution in [3.63, 3.8) is 0 Å². The van der Waals surface area contributed by atoms with Crippen molar-refractivity contribution in [2.75, 3.05) is 27.2 Å². The maximum absolute atomic E-state index is 12.8. The molecular formula is C17H30N2O3S. The minimum Gasteiger partial charge on any atom is -0.387 e. The Morgan fingerprint density at radius 2 is 1.35 bits per heavy atom. The molecule has 1 rings (SSSR count). The molecule has 0 saturated carbocycles. The summed E-state index contributed by atoms with van der Waals surface area (Å²) in [4.78, 5) is 2.16. The van der Waals surface area contributed by atoms with Crippen molar-refractivity contribution in [3.05, 3.63) is 27.8 Å². The Labute approximate surface area is 140 Å². The zero-order valence-corrected chi connectivity index (χ0v) is 16.3. The third kappa shape index (κ3) is 4.53. The van der Waals surface area contributed by atoms with Gasteiger partial charge in [0.2, 0.25) is 10.0 Å². The minimum absolute atomic E-state index is 0.0294. The Morgan fingerprint density at radius 3 is 1.74 bits per heavy atom. The molecule has 1 aromatic carbocycles. The van der Waals surface area contributed by atoms with Crippen LogP contribution in [0.4, 0.5) is 0 Å². The first kappa shape index (κ1) is 20.1. The number of rotatable bonds is 6. The van der Waals surface area contributed by atoms with Gasteiger partial charge in [0.25, 0.3) is 0 Å². The van der Waals surface area contributed by atoms with Crippen molar-refractivity contribution in [2.45, 2.75) is 52.0 Å². The van der Waals surface area contributed by atoms with Crippen molar-refractivity contribution in [1.82, 2.24) is 9.62 Å². The molecule has 0 saturated heterocycles. The predicted octanol–water partition coefficient (Wildman–Crippen LogP) is 1.82. The molecule has 6 heteroatoms. The summed E-state index contributed by atoms with van der Waals surface area (Å²) in [6.07, 6.45) is 0. The smallest absolute Gasteiger partial charge is 0.241 e. The lowest BCUT2D eigenvalue weighted by Crippen LogP contribution is -2.47. The van der Waals surface area contributed by atoms with E-state index in [2.05, 4.69) is 4.72 Å². The summed E-state index contributed by atoms with van der Waals surface area (Å²) in [7, 11) is -0.00636. The number of nitrogens with zero attached hydrogens (tertiary/aromatic N) is 1. The summed E-state index contributed by atoms with van der Waals surface area (Å²) in [5.74, 6) is 0. The Bertz CT molecular complexity index is 663. The fraction of sp³-hybridized carbons (Fsp3) is 0.647. The molecule has 1 atom stereocenters. The average molecular weight is 343 g/mol. The second-order valence-electron chi connectivity index (χ2n) is 7.01. The summed E-state index contributed by atoms with van der Waals surface area (Å²) in [6, 6.07) is 0. The molecule has 0 aliphatic rings. The molecular weight excluding hydrogens is 312 g/mol. The fourth-order valence-electron chi connectivity index (χ4n) is 2.93. The molecule has 0 amide bonds. The lowest BCUT2D eigenvalue weighted by molar-refractivity contribution is 0.0386. The molecule has 2 N–H and O–H groups in total. The van der Waals surface area contributed by atoms with Crippen LogP contribution in [0.25, 0.3) is 0 Å². The van der Waals surface area contributed by atoms with Gasteiger partial charge >= 0.3 is 0 Å². The lowest BCUT2D eigenvalue weighted by Gasteiger charge is -2.27. The maximum atomic E-state index is 12.8. The normalized spacial score (nSPS) is 15.0. The van der Waals surface area contributed by atoms with E-state index in [4.69, 9.17) is 0 Å². The van der Waals surface area contributed by atoms with E-state index >= 15 is 0 Å². The Kier molecular flexibility index (Phi) is 6.02. The van der Waals surface area contributed by atoms with Gasteiger partial charge in [-0.3, -0.25) is 0 Å². The van der Waals surface area contributed by atoms with Crippen LogP contribution in [0.5, 0.6) is 0 Å². The molecule has 0 fully saturated rings. The van der Waals surface area contributed by atoms with E-state index in [0.717, 1.165) is 27.8 Å². The highest BCUT2D eigenvalue weighted by molar-refractivity contribution is 7.89. The maximum Gasteiger partial charge on any atom is 0.241 e. The van der Waals surface area contributed by atoms with E-state index in [-0.39, 0.29) is 6.54 Å². The predicted molar refractivity (Wildman–Crippen MR) is 94.5 cm³/mol. The van der Waals surface area contributed by atoms with Gasteiger partial charge in [-0.2, -0.15) is 0 Å². The van der Waals surface area contributed by atoms with Crippen molar-refractivity contribution in [1.29, 1.82) is 0 Å². The van der Waals surface area contributed by atoms with E-state index < -0.39 is 15.6 Å². The van der Waals surface area contributed by atoms with Crippen LogP contribution >= 0.6 is 0 Å². The Balaban J connectivity index is 3.21. The monoisotopic (exact) mass is 342 g/mol. The van der Waals surface area contributed by atoms with E-state index in [9.17, 15) is 13.5 Å². The highest BCUT2D eigenvalue weighted by atomic mass is 32.2. The molecule has 132 valence electrons. The molecule has 0 aliphatic heterocycles. The fourth-order valence-corrected chi connectivity index (χ4v) is 4.69. The molecule has 1 aromatic rings. The second kappa shape index (κ2) is 6.89. The number of benzene rings is 1. The van der Waals surface area contributed by atoms with Crippen LogP contribution in [0, 0.1) is 34.6 Å². The van der Waals surface area contributed by atoms with Crippen LogP contribution in [-0.2, 0) is 10.0 Å². The van der Waals surface area contributed by atoms with E-state index in [1.807, 2.05) is 53.6 Å². The first-order valence-corrected chi connectivity index (χ1v) is 9.22. The third-order valence-corrected chi connectivity index (χ3v) is 6.17. The van der Waals surface area contributed by atoms with Gasteiger partial charge in [-0.05, 0) is 83.5 Å². The van der Waals surface area contributed by atoms with Crippen LogP contribution in [0.15, 0.2) is 4.90 Å². The number of nitrogens with one attached hydrogen (secondary N) is 1. The first-order valence-electron chi connectivity index (χ1n) is 7.74. The van der Waals surface area contributed by atoms with Crippen molar-refractivity contribution < 1.29 is 13.5 Å². The molecule has 0 aliphatic carbocycles. The average Bonchev–Trinajstić information content (AvgIpc) is 2.40. The molecule has 0 spiro atoms. The van der Waals surface area contributed by atoms with Gasteiger partial charge in [-0.15, -0.1) is 0 Å². The summed E-state index contributed by atoms with van der Waals surface area (Å²) >= 11 is 0. The largest absolute Gasteiger partial charge is 0.387 e. The van der Waals surface area contributed by atoms with Crippen molar-refractivity contribution in [2.24, 2.45) is 0 Å². The van der Waals surface area contributed by atoms with Crippen LogP contribution in [0.1, 0.15) is 34.7 Å². The zero-order chi connectivity index (χ0) is 18.2. The quantitative estimate of drug-likeness (QED) is 0.827. The van der Waals surface area contributed by atoms with Gasteiger partial charge in [-0.25, -0.2) is 13.1 Å². The van der Waals surface area contributed by atoms with E-state index in [1.54, 1.807) is 6.92 Å². The summed E-state index contributed by atoms with van der Waals surface area (Å²) in [5, 5.41) is 10.3. The molecule has 1 unspecified atom stereocenters. The van der Waals surface area contributed by atoms with Gasteiger partial charge in [0, 0.05) is 13.1 Å². The van der Waals surface area contributed by atoms with Gasteiger partial charge in [0.15, 0.2) is 0 Å². The summed E-state index contributed by atoms with van der Waals surface area (Å²) in [6.45, 7) is 11.5. The van der Waals surface area contributed by atoms with E-state index in [0.29, 0.717) is 11.4 Å². The Morgan fingerprint density at radius 1 is 0.957 bits per heavy atom. The topological polar surface area (TPSA) is 69.6 Å². The number of aliphatic hydroxyl groups is 1. The summed E-state index contributed by atoms with van der Waals surface area (Å²) in [5.41, 5.74) is 3.52. The number of sulfonamides is 1. The molecule has 0 bridgehead atoms. The van der Waals surface area contributed by atoms with Gasteiger partial charge in [-0.1, -0.05) is 0 Å². The molecule has 0 aromatic heterocycles.